The van der Waals surface area contributed by atoms with Crippen LogP contribution in [0, 0.1) is 11.8 Å². The number of nitrogens with one attached hydrogen (secondary N) is 2. The summed E-state index contributed by atoms with van der Waals surface area (Å²) in [6.45, 7) is 0.770. The molecule has 8 heteroatoms. The molecule has 2 amide bonds. The molecule has 2 aromatic rings. The number of hydrogen-bond acceptors (Lipinski definition) is 5. The number of amides is 2. The quantitative estimate of drug-likeness (QED) is 0.457. The summed E-state index contributed by atoms with van der Waals surface area (Å²) in [5, 5.41) is 14.8. The number of carboxylic acids is 1. The Morgan fingerprint density at radius 1 is 1.03 bits per heavy atom. The van der Waals surface area contributed by atoms with Gasteiger partial charge >= 0.3 is 12.1 Å². The van der Waals surface area contributed by atoms with E-state index in [-0.39, 0.29) is 37.3 Å². The normalized spacial score (nSPS) is 16.2. The number of carbonyl (C=O) groups excluding carboxylic acids is 2. The fourth-order valence-corrected chi connectivity index (χ4v) is 4.88. The van der Waals surface area contributed by atoms with Crippen LogP contribution in [0.5, 0.6) is 0 Å². The molecular weight excluding hydrogens is 446 g/mol. The first-order chi connectivity index (χ1) is 16.8. The second kappa shape index (κ2) is 10.9. The Morgan fingerprint density at radius 3 is 2.17 bits per heavy atom. The fourth-order valence-electron chi connectivity index (χ4n) is 4.88. The first kappa shape index (κ1) is 24.7. The third-order valence-electron chi connectivity index (χ3n) is 6.77. The van der Waals surface area contributed by atoms with Gasteiger partial charge in [0.05, 0.1) is 0 Å². The second-order valence-electron chi connectivity index (χ2n) is 9.73. The minimum absolute atomic E-state index is 0.0113. The summed E-state index contributed by atoms with van der Waals surface area (Å²) in [6.07, 6.45) is 1.68. The molecule has 0 bridgehead atoms. The van der Waals surface area contributed by atoms with Gasteiger partial charge in [0.2, 0.25) is 5.91 Å². The van der Waals surface area contributed by atoms with Crippen molar-refractivity contribution in [3.63, 3.8) is 0 Å². The summed E-state index contributed by atoms with van der Waals surface area (Å²) in [4.78, 5) is 38.2. The number of rotatable bonds is 11. The third-order valence-corrected chi connectivity index (χ3v) is 6.77. The van der Waals surface area contributed by atoms with Crippen molar-refractivity contribution in [2.75, 3.05) is 33.8 Å². The zero-order valence-electron chi connectivity index (χ0n) is 20.2. The molecule has 8 nitrogen and oxygen atoms in total. The second-order valence-corrected chi connectivity index (χ2v) is 9.73. The van der Waals surface area contributed by atoms with Gasteiger partial charge in [-0.1, -0.05) is 48.5 Å². The van der Waals surface area contributed by atoms with Crippen molar-refractivity contribution in [3.8, 4) is 11.1 Å². The molecule has 3 N–H and O–H groups in total. The van der Waals surface area contributed by atoms with E-state index in [4.69, 9.17) is 4.74 Å². The molecule has 2 aliphatic carbocycles. The highest BCUT2D eigenvalue weighted by Gasteiger charge is 2.34. The molecule has 2 aromatic carbocycles. The van der Waals surface area contributed by atoms with Crippen LogP contribution in [0.4, 0.5) is 4.79 Å². The smallest absolute Gasteiger partial charge is 0.407 e. The number of carboxylic acid groups (broad SMARTS) is 1. The number of carbonyl (C=O) groups is 3. The van der Waals surface area contributed by atoms with E-state index in [1.165, 1.54) is 11.1 Å². The van der Waals surface area contributed by atoms with Gasteiger partial charge in [-0.2, -0.15) is 0 Å². The first-order valence-electron chi connectivity index (χ1n) is 12.1. The number of benzene rings is 2. The molecule has 1 unspecified atom stereocenters. The summed E-state index contributed by atoms with van der Waals surface area (Å²) < 4.78 is 5.60. The van der Waals surface area contributed by atoms with Gasteiger partial charge in [0.1, 0.15) is 12.6 Å². The molecule has 0 aliphatic heterocycles. The van der Waals surface area contributed by atoms with Crippen molar-refractivity contribution >= 4 is 18.0 Å². The number of nitrogens with zero attached hydrogens (tertiary/aromatic N) is 1. The van der Waals surface area contributed by atoms with E-state index < -0.39 is 18.1 Å². The number of alkyl carbamates (subject to hydrolysis) is 1. The van der Waals surface area contributed by atoms with Gasteiger partial charge in [-0.15, -0.1) is 0 Å². The molecule has 0 spiro atoms. The highest BCUT2D eigenvalue weighted by molar-refractivity contribution is 5.84. The van der Waals surface area contributed by atoms with Gasteiger partial charge in [-0.3, -0.25) is 4.79 Å². The fraction of sp³-hybridized carbons (Fsp3) is 0.444. The van der Waals surface area contributed by atoms with Gasteiger partial charge in [0, 0.05) is 25.4 Å². The maximum absolute atomic E-state index is 12.5. The van der Waals surface area contributed by atoms with Crippen LogP contribution in [0.3, 0.4) is 0 Å². The van der Waals surface area contributed by atoms with Crippen molar-refractivity contribution in [1.29, 1.82) is 0 Å². The molecule has 0 saturated heterocycles. The van der Waals surface area contributed by atoms with Crippen LogP contribution < -0.4 is 10.6 Å². The predicted octanol–water partition coefficient (Wildman–Crippen LogP) is 3.07. The van der Waals surface area contributed by atoms with Crippen molar-refractivity contribution in [2.24, 2.45) is 11.8 Å². The van der Waals surface area contributed by atoms with Crippen LogP contribution in [0.1, 0.15) is 36.3 Å². The van der Waals surface area contributed by atoms with E-state index in [9.17, 15) is 19.5 Å². The largest absolute Gasteiger partial charge is 0.480 e. The Hall–Kier alpha value is -3.39. The molecule has 0 aromatic heterocycles. The minimum Gasteiger partial charge on any atom is -0.480 e. The topological polar surface area (TPSA) is 108 Å². The van der Waals surface area contributed by atoms with Gasteiger partial charge < -0.3 is 25.4 Å². The zero-order valence-corrected chi connectivity index (χ0v) is 20.2. The predicted molar refractivity (Wildman–Crippen MR) is 132 cm³/mol. The Bertz CT molecular complexity index is 1040. The van der Waals surface area contributed by atoms with Gasteiger partial charge in [-0.05, 0) is 61.0 Å². The third kappa shape index (κ3) is 6.19. The molecule has 0 heterocycles. The van der Waals surface area contributed by atoms with E-state index in [0.29, 0.717) is 12.5 Å². The number of likely N-dealkylation sites (N-methyl/N-ethyl adjacent to an activating group) is 1. The average molecular weight is 480 g/mol. The monoisotopic (exact) mass is 479 g/mol. The molecular formula is C27H33N3O5. The Labute approximate surface area is 205 Å². The molecule has 186 valence electrons. The highest BCUT2D eigenvalue weighted by atomic mass is 16.5. The molecule has 2 aliphatic rings. The van der Waals surface area contributed by atoms with E-state index in [0.717, 1.165) is 24.0 Å². The maximum Gasteiger partial charge on any atom is 0.407 e. The van der Waals surface area contributed by atoms with E-state index in [2.05, 4.69) is 34.9 Å². The number of aliphatic carboxylic acids is 1. The Balaban J connectivity index is 1.29. The lowest BCUT2D eigenvalue weighted by molar-refractivity contribution is -0.142. The number of fused-ring (bicyclic) bond motifs is 3. The SMILES string of the molecule is CN(C)C[C@H](NC(=O)CC(CNC(=O)OCC1c2ccccc2-c2ccccc21)C1CC1)C(=O)O. The summed E-state index contributed by atoms with van der Waals surface area (Å²) in [6, 6.07) is 15.4. The van der Waals surface area contributed by atoms with Crippen LogP contribution in [-0.4, -0.2) is 67.8 Å². The lowest BCUT2D eigenvalue weighted by atomic mass is 9.98. The van der Waals surface area contributed by atoms with Crippen LogP contribution in [-0.2, 0) is 14.3 Å². The van der Waals surface area contributed by atoms with E-state index in [1.54, 1.807) is 19.0 Å². The summed E-state index contributed by atoms with van der Waals surface area (Å²) in [5.41, 5.74) is 4.65. The van der Waals surface area contributed by atoms with E-state index in [1.807, 2.05) is 24.3 Å². The maximum atomic E-state index is 12.5. The van der Waals surface area contributed by atoms with Gasteiger partial charge in [-0.25, -0.2) is 9.59 Å². The minimum atomic E-state index is -1.06. The average Bonchev–Trinajstić information content (AvgIpc) is 3.62. The van der Waals surface area contributed by atoms with Crippen molar-refractivity contribution in [3.05, 3.63) is 59.7 Å². The van der Waals surface area contributed by atoms with Crippen LogP contribution in [0.2, 0.25) is 0 Å². The summed E-state index contributed by atoms with van der Waals surface area (Å²) in [7, 11) is 3.51. The first-order valence-corrected chi connectivity index (χ1v) is 12.1. The molecule has 0 radical (unpaired) electrons. The Kier molecular flexibility index (Phi) is 7.70. The van der Waals surface area contributed by atoms with Crippen molar-refractivity contribution in [2.45, 2.75) is 31.2 Å². The van der Waals surface area contributed by atoms with Gasteiger partial charge in [0.25, 0.3) is 0 Å². The van der Waals surface area contributed by atoms with Crippen LogP contribution >= 0.6 is 0 Å². The highest BCUT2D eigenvalue weighted by Crippen LogP contribution is 2.44. The van der Waals surface area contributed by atoms with Crippen LogP contribution in [0.15, 0.2) is 48.5 Å². The molecule has 1 saturated carbocycles. The lowest BCUT2D eigenvalue weighted by Gasteiger charge is -2.21. The summed E-state index contributed by atoms with van der Waals surface area (Å²) in [5.74, 6) is -1.09. The lowest BCUT2D eigenvalue weighted by Crippen LogP contribution is -2.47. The Morgan fingerprint density at radius 2 is 1.63 bits per heavy atom. The standard InChI is InChI=1S/C27H33N3O5/c1-30(2)15-24(26(32)33)29-25(31)13-18(17-11-12-17)14-28-27(34)35-16-23-21-9-5-3-7-19(21)20-8-4-6-10-22(20)23/h3-10,17-18,23-24H,11-16H2,1-2H3,(H,28,34)(H,29,31)(H,32,33)/t18?,24-/m0/s1. The zero-order chi connectivity index (χ0) is 24.9. The number of ether oxygens (including phenoxy) is 1. The van der Waals surface area contributed by atoms with Crippen LogP contribution in [0.25, 0.3) is 11.1 Å². The van der Waals surface area contributed by atoms with Crippen molar-refractivity contribution < 1.29 is 24.2 Å². The molecule has 4 rings (SSSR count). The van der Waals surface area contributed by atoms with Crippen molar-refractivity contribution in [1.82, 2.24) is 15.5 Å². The molecule has 35 heavy (non-hydrogen) atoms. The molecule has 2 atom stereocenters. The number of hydrogen-bond donors (Lipinski definition) is 3. The van der Waals surface area contributed by atoms with E-state index >= 15 is 0 Å². The van der Waals surface area contributed by atoms with Gasteiger partial charge in [0.15, 0.2) is 0 Å². The summed E-state index contributed by atoms with van der Waals surface area (Å²) >= 11 is 0. The molecule has 1 fully saturated rings.